The molecule has 3 aromatic rings. The number of rotatable bonds is 3. The van der Waals surface area contributed by atoms with Crippen LogP contribution in [0.25, 0.3) is 22.2 Å². The fourth-order valence-electron chi connectivity index (χ4n) is 2.64. The van der Waals surface area contributed by atoms with Crippen LogP contribution in [0.2, 0.25) is 0 Å². The second kappa shape index (κ2) is 5.55. The van der Waals surface area contributed by atoms with Crippen molar-refractivity contribution in [3.63, 3.8) is 0 Å². The number of aryl methyl sites for hydroxylation is 1. The third-order valence-electron chi connectivity index (χ3n) is 3.73. The molecule has 1 heterocycles. The number of hydrogen-bond donors (Lipinski definition) is 3. The number of aromatic amines is 1. The van der Waals surface area contributed by atoms with Gasteiger partial charge < -0.3 is 15.8 Å². The topological polar surface area (TPSA) is 116 Å². The van der Waals surface area contributed by atoms with Crippen molar-refractivity contribution in [2.75, 3.05) is 0 Å². The minimum absolute atomic E-state index is 0.229. The number of carbonyl (C=O) groups excluding carboxylic acids is 1. The fourth-order valence-corrected chi connectivity index (χ4v) is 2.64. The van der Waals surface area contributed by atoms with Crippen molar-refractivity contribution < 1.29 is 9.90 Å². The lowest BCUT2D eigenvalue weighted by atomic mass is 9.93. The second-order valence-electron chi connectivity index (χ2n) is 5.24. The average molecular weight is 306 g/mol. The highest BCUT2D eigenvalue weighted by molar-refractivity contribution is 5.95. The monoisotopic (exact) mass is 306 g/mol. The summed E-state index contributed by atoms with van der Waals surface area (Å²) in [6, 6.07) is 10.6. The van der Waals surface area contributed by atoms with E-state index in [-0.39, 0.29) is 17.7 Å². The summed E-state index contributed by atoms with van der Waals surface area (Å²) in [6.45, 7) is 1.55. The zero-order chi connectivity index (χ0) is 16.6. The Balaban J connectivity index is 2.29. The molecule has 0 unspecified atom stereocenters. The maximum Gasteiger partial charge on any atom is 0.248 e. The Kier molecular flexibility index (Phi) is 3.56. The molecule has 0 saturated heterocycles. The number of imidazole rings is 1. The number of H-pyrrole nitrogens is 1. The predicted molar refractivity (Wildman–Crippen MR) is 85.4 cm³/mol. The van der Waals surface area contributed by atoms with Gasteiger partial charge in [-0.2, -0.15) is 5.26 Å². The molecule has 114 valence electrons. The van der Waals surface area contributed by atoms with E-state index in [0.717, 1.165) is 22.4 Å². The van der Waals surface area contributed by atoms with E-state index in [9.17, 15) is 15.2 Å². The molecule has 0 bridgehead atoms. The molecule has 0 atom stereocenters. The number of nitrogens with one attached hydrogen (secondary N) is 1. The van der Waals surface area contributed by atoms with Gasteiger partial charge >= 0.3 is 0 Å². The van der Waals surface area contributed by atoms with Crippen LogP contribution in [0.5, 0.6) is 0 Å². The number of nitrogens with zero attached hydrogens (tertiary/aromatic N) is 2. The third kappa shape index (κ3) is 2.54. The lowest BCUT2D eigenvalue weighted by Crippen LogP contribution is -2.12. The molecule has 23 heavy (non-hydrogen) atoms. The Labute approximate surface area is 132 Å². The van der Waals surface area contributed by atoms with Crippen molar-refractivity contribution in [2.45, 2.75) is 13.5 Å². The highest BCUT2D eigenvalue weighted by atomic mass is 16.3. The number of hydrogen-bond acceptors (Lipinski definition) is 4. The minimum atomic E-state index is -0.621. The number of amides is 1. The summed E-state index contributed by atoms with van der Waals surface area (Å²) in [5.41, 5.74) is 9.29. The molecule has 3 rings (SSSR count). The average Bonchev–Trinajstić information content (AvgIpc) is 2.92. The van der Waals surface area contributed by atoms with Crippen LogP contribution in [0.3, 0.4) is 0 Å². The quantitative estimate of drug-likeness (QED) is 0.686. The lowest BCUT2D eigenvalue weighted by Gasteiger charge is -2.11. The number of primary amides is 1. The Morgan fingerprint density at radius 2 is 2.17 bits per heavy atom. The molecule has 0 radical (unpaired) electrons. The van der Waals surface area contributed by atoms with Gasteiger partial charge in [0, 0.05) is 11.1 Å². The maximum absolute atomic E-state index is 11.5. The number of benzene rings is 2. The van der Waals surface area contributed by atoms with Gasteiger partial charge in [-0.3, -0.25) is 4.79 Å². The molecule has 6 nitrogen and oxygen atoms in total. The molecule has 2 aromatic carbocycles. The first-order chi connectivity index (χ1) is 11.0. The van der Waals surface area contributed by atoms with Crippen LogP contribution < -0.4 is 5.73 Å². The molecule has 0 spiro atoms. The normalized spacial score (nSPS) is 10.7. The van der Waals surface area contributed by atoms with Crippen molar-refractivity contribution in [2.24, 2.45) is 5.73 Å². The van der Waals surface area contributed by atoms with E-state index in [1.807, 2.05) is 31.2 Å². The van der Waals surface area contributed by atoms with E-state index < -0.39 is 5.91 Å². The molecule has 0 aliphatic carbocycles. The van der Waals surface area contributed by atoms with Gasteiger partial charge in [0.1, 0.15) is 5.82 Å². The number of fused-ring (bicyclic) bond motifs is 1. The largest absolute Gasteiger partial charge is 0.392 e. The zero-order valence-electron chi connectivity index (χ0n) is 12.4. The van der Waals surface area contributed by atoms with Crippen LogP contribution in [-0.4, -0.2) is 21.0 Å². The fraction of sp³-hybridized carbons (Fsp3) is 0.118. The van der Waals surface area contributed by atoms with Crippen molar-refractivity contribution in [3.8, 4) is 17.2 Å². The van der Waals surface area contributed by atoms with E-state index in [4.69, 9.17) is 5.73 Å². The number of aromatic nitrogens is 2. The standard InChI is InChI=1S/C17H14N4O2/c1-9-20-15-3-2-10(6-16(15)21-9)13-5-11(17(19)23)4-12(7-18)14(13)8-22/h2-6,22H,8H2,1H3,(H2,19,23)(H,20,21). The number of nitriles is 1. The van der Waals surface area contributed by atoms with Gasteiger partial charge in [0.15, 0.2) is 0 Å². The van der Waals surface area contributed by atoms with Gasteiger partial charge in [-0.25, -0.2) is 4.98 Å². The number of carbonyl (C=O) groups is 1. The first-order valence-corrected chi connectivity index (χ1v) is 6.98. The van der Waals surface area contributed by atoms with Crippen molar-refractivity contribution >= 4 is 16.9 Å². The number of aliphatic hydroxyl groups excluding tert-OH is 1. The lowest BCUT2D eigenvalue weighted by molar-refractivity contribution is 0.1000. The van der Waals surface area contributed by atoms with Crippen LogP contribution in [0.15, 0.2) is 30.3 Å². The summed E-state index contributed by atoms with van der Waals surface area (Å²) in [7, 11) is 0. The molecule has 0 aliphatic rings. The van der Waals surface area contributed by atoms with Gasteiger partial charge in [-0.05, 0) is 42.3 Å². The van der Waals surface area contributed by atoms with E-state index in [1.54, 1.807) is 6.07 Å². The summed E-state index contributed by atoms with van der Waals surface area (Å²) in [4.78, 5) is 19.0. The molecule has 1 amide bonds. The highest BCUT2D eigenvalue weighted by Crippen LogP contribution is 2.30. The molecule has 6 heteroatoms. The Morgan fingerprint density at radius 3 is 2.83 bits per heavy atom. The first-order valence-electron chi connectivity index (χ1n) is 6.98. The summed E-state index contributed by atoms with van der Waals surface area (Å²) in [5, 5.41) is 18.9. The number of aliphatic hydroxyl groups is 1. The summed E-state index contributed by atoms with van der Waals surface area (Å²) in [6.07, 6.45) is 0. The van der Waals surface area contributed by atoms with E-state index in [1.165, 1.54) is 6.07 Å². The summed E-state index contributed by atoms with van der Waals surface area (Å²) in [5.74, 6) is 0.173. The maximum atomic E-state index is 11.5. The molecule has 0 saturated carbocycles. The molecule has 0 fully saturated rings. The Bertz CT molecular complexity index is 967. The molecular formula is C17H14N4O2. The van der Waals surface area contributed by atoms with Crippen molar-refractivity contribution in [1.82, 2.24) is 9.97 Å². The summed E-state index contributed by atoms with van der Waals surface area (Å²) >= 11 is 0. The van der Waals surface area contributed by atoms with Gasteiger partial charge in [0.05, 0.1) is 29.3 Å². The second-order valence-corrected chi connectivity index (χ2v) is 5.24. The minimum Gasteiger partial charge on any atom is -0.392 e. The van der Waals surface area contributed by atoms with Crippen LogP contribution in [-0.2, 0) is 6.61 Å². The molecule has 4 N–H and O–H groups in total. The van der Waals surface area contributed by atoms with Gasteiger partial charge in [0.2, 0.25) is 5.91 Å². The van der Waals surface area contributed by atoms with Crippen LogP contribution in [0.4, 0.5) is 0 Å². The zero-order valence-corrected chi connectivity index (χ0v) is 12.4. The predicted octanol–water partition coefficient (Wildman–Crippen LogP) is 2.00. The van der Waals surface area contributed by atoms with Crippen LogP contribution >= 0.6 is 0 Å². The Hall–Kier alpha value is -3.17. The van der Waals surface area contributed by atoms with Crippen molar-refractivity contribution in [3.05, 3.63) is 52.8 Å². The third-order valence-corrected chi connectivity index (χ3v) is 3.73. The smallest absolute Gasteiger partial charge is 0.248 e. The highest BCUT2D eigenvalue weighted by Gasteiger charge is 2.15. The van der Waals surface area contributed by atoms with E-state index in [2.05, 4.69) is 9.97 Å². The van der Waals surface area contributed by atoms with E-state index >= 15 is 0 Å². The number of nitrogens with two attached hydrogens (primary N) is 1. The van der Waals surface area contributed by atoms with Crippen LogP contribution in [0.1, 0.15) is 27.3 Å². The molecular weight excluding hydrogens is 292 g/mol. The molecule has 0 aliphatic heterocycles. The van der Waals surface area contributed by atoms with Crippen LogP contribution in [0, 0.1) is 18.3 Å². The van der Waals surface area contributed by atoms with Gasteiger partial charge in [-0.1, -0.05) is 6.07 Å². The molecule has 1 aromatic heterocycles. The summed E-state index contributed by atoms with van der Waals surface area (Å²) < 4.78 is 0. The first kappa shape index (κ1) is 14.8. The SMILES string of the molecule is Cc1nc2cc(-c3cc(C(N)=O)cc(C#N)c3CO)ccc2[nH]1. The Morgan fingerprint density at radius 1 is 1.39 bits per heavy atom. The van der Waals surface area contributed by atoms with E-state index in [0.29, 0.717) is 11.1 Å². The van der Waals surface area contributed by atoms with Gasteiger partial charge in [0.25, 0.3) is 0 Å². The van der Waals surface area contributed by atoms with Gasteiger partial charge in [-0.15, -0.1) is 0 Å². The van der Waals surface area contributed by atoms with Crippen molar-refractivity contribution in [1.29, 1.82) is 5.26 Å².